The zero-order valence-electron chi connectivity index (χ0n) is 18.7. The summed E-state index contributed by atoms with van der Waals surface area (Å²) in [5.41, 5.74) is 0. The van der Waals surface area contributed by atoms with Crippen LogP contribution in [0.5, 0.6) is 0 Å². The Morgan fingerprint density at radius 3 is 2.73 bits per heavy atom. The smallest absolute Gasteiger partial charge is 0.0847 e. The van der Waals surface area contributed by atoms with Gasteiger partial charge in [0.15, 0.2) is 0 Å². The standard InChI is InChI=1S/C23H42N6O/c1-28-9-8-17-13-30-14-22-27-20-6-2-4-18(23(20)29(17)22)19-5-3-7-21(26-19)25-15-10-16(12-28)24-11-15/h15-27H,2-14H2,1H3/t15-,16-,17-,18?,19?,20?,21?,22?,23?/m0/s1. The van der Waals surface area contributed by atoms with Crippen molar-refractivity contribution >= 4 is 0 Å². The molecule has 6 aliphatic rings. The molecule has 5 heterocycles. The van der Waals surface area contributed by atoms with Gasteiger partial charge in [0.2, 0.25) is 0 Å². The van der Waals surface area contributed by atoms with Crippen LogP contribution in [0.25, 0.3) is 0 Å². The first-order chi connectivity index (χ1) is 14.7. The molecule has 30 heavy (non-hydrogen) atoms. The van der Waals surface area contributed by atoms with E-state index in [1.54, 1.807) is 0 Å². The Bertz CT molecular complexity index is 606. The summed E-state index contributed by atoms with van der Waals surface area (Å²) in [6, 6.07) is 3.78. The molecule has 4 N–H and O–H groups in total. The lowest BCUT2D eigenvalue weighted by molar-refractivity contribution is -0.0703. The SMILES string of the molecule is CN1CC[C@H]2COCC3NC4CCCC(C5CCCC(N5)N[C@@H]5CN[C@@H](C5)C1)C4N32. The van der Waals surface area contributed by atoms with Crippen LogP contribution in [0.15, 0.2) is 0 Å². The summed E-state index contributed by atoms with van der Waals surface area (Å²) in [4.78, 5) is 5.45. The highest BCUT2D eigenvalue weighted by atomic mass is 16.5. The summed E-state index contributed by atoms with van der Waals surface area (Å²) in [5.74, 6) is 0.767. The van der Waals surface area contributed by atoms with Gasteiger partial charge in [-0.15, -0.1) is 0 Å². The molecule has 0 radical (unpaired) electrons. The summed E-state index contributed by atoms with van der Waals surface area (Å²) in [6.07, 6.45) is 11.5. The Balaban J connectivity index is 1.29. The van der Waals surface area contributed by atoms with Gasteiger partial charge in [0.1, 0.15) is 0 Å². The lowest BCUT2D eigenvalue weighted by Gasteiger charge is -2.48. The Labute approximate surface area is 182 Å². The second-order valence-electron chi connectivity index (χ2n) is 11.0. The Morgan fingerprint density at radius 1 is 0.867 bits per heavy atom. The molecule has 7 heteroatoms. The topological polar surface area (TPSA) is 63.8 Å². The largest absolute Gasteiger partial charge is 0.377 e. The fraction of sp³-hybridized carbons (Fsp3) is 1.00. The van der Waals surface area contributed by atoms with Gasteiger partial charge < -0.3 is 15.0 Å². The average molecular weight is 419 g/mol. The molecule has 6 rings (SSSR count). The molecule has 1 aliphatic carbocycles. The molecule has 4 bridgehead atoms. The van der Waals surface area contributed by atoms with Crippen molar-refractivity contribution in [1.29, 1.82) is 0 Å². The number of piperidine rings is 1. The van der Waals surface area contributed by atoms with Crippen molar-refractivity contribution in [3.63, 3.8) is 0 Å². The number of nitrogens with one attached hydrogen (secondary N) is 4. The van der Waals surface area contributed by atoms with Gasteiger partial charge in [-0.25, -0.2) is 0 Å². The molecule has 170 valence electrons. The molecule has 7 nitrogen and oxygen atoms in total. The lowest BCUT2D eigenvalue weighted by Crippen LogP contribution is -2.62. The number of hydrogen-bond donors (Lipinski definition) is 4. The fourth-order valence-electron chi connectivity index (χ4n) is 7.71. The number of likely N-dealkylation sites (N-methyl/N-ethyl adjacent to an activating group) is 1. The van der Waals surface area contributed by atoms with Crippen LogP contribution in [0.3, 0.4) is 0 Å². The average Bonchev–Trinajstić information content (AvgIpc) is 3.35. The van der Waals surface area contributed by atoms with Crippen molar-refractivity contribution in [2.45, 2.75) is 99.9 Å². The van der Waals surface area contributed by atoms with Crippen LogP contribution >= 0.6 is 0 Å². The minimum Gasteiger partial charge on any atom is -0.377 e. The van der Waals surface area contributed by atoms with Crippen molar-refractivity contribution in [1.82, 2.24) is 31.1 Å². The molecule has 5 aliphatic heterocycles. The summed E-state index contributed by atoms with van der Waals surface area (Å²) in [6.45, 7) is 5.21. The van der Waals surface area contributed by atoms with Gasteiger partial charge in [-0.05, 0) is 64.5 Å². The third-order valence-corrected chi connectivity index (χ3v) is 9.00. The number of morpholine rings is 1. The van der Waals surface area contributed by atoms with E-state index in [9.17, 15) is 0 Å². The predicted molar refractivity (Wildman–Crippen MR) is 118 cm³/mol. The van der Waals surface area contributed by atoms with E-state index in [4.69, 9.17) is 4.74 Å². The normalized spacial score (nSPS) is 50.5. The summed E-state index contributed by atoms with van der Waals surface area (Å²) in [7, 11) is 2.31. The van der Waals surface area contributed by atoms with Crippen LogP contribution < -0.4 is 21.3 Å². The Kier molecular flexibility index (Phi) is 5.81. The zero-order valence-corrected chi connectivity index (χ0v) is 18.7. The summed E-state index contributed by atoms with van der Waals surface area (Å²) >= 11 is 0. The molecule has 0 amide bonds. The highest BCUT2D eigenvalue weighted by Crippen LogP contribution is 2.40. The number of fused-ring (bicyclic) bond motifs is 5. The Hall–Kier alpha value is -0.280. The van der Waals surface area contributed by atoms with Gasteiger partial charge in [-0.3, -0.25) is 20.9 Å². The van der Waals surface area contributed by atoms with E-state index in [1.807, 2.05) is 0 Å². The monoisotopic (exact) mass is 418 g/mol. The molecule has 0 aromatic rings. The van der Waals surface area contributed by atoms with Crippen molar-refractivity contribution in [2.75, 3.05) is 39.9 Å². The molecule has 1 saturated carbocycles. The first-order valence-electron chi connectivity index (χ1n) is 12.8. The first-order valence-corrected chi connectivity index (χ1v) is 12.8. The number of nitrogens with zero attached hydrogens (tertiary/aromatic N) is 2. The van der Waals surface area contributed by atoms with Crippen LogP contribution in [0, 0.1) is 5.92 Å². The predicted octanol–water partition coefficient (Wildman–Crippen LogP) is 0.278. The van der Waals surface area contributed by atoms with Crippen molar-refractivity contribution < 1.29 is 4.74 Å². The van der Waals surface area contributed by atoms with E-state index in [-0.39, 0.29) is 0 Å². The summed E-state index contributed by atoms with van der Waals surface area (Å²) in [5, 5.41) is 15.9. The summed E-state index contributed by atoms with van der Waals surface area (Å²) < 4.78 is 6.11. The minimum absolute atomic E-state index is 0.426. The lowest BCUT2D eigenvalue weighted by atomic mass is 9.74. The van der Waals surface area contributed by atoms with E-state index in [1.165, 1.54) is 57.9 Å². The van der Waals surface area contributed by atoms with Crippen LogP contribution in [-0.2, 0) is 4.74 Å². The van der Waals surface area contributed by atoms with E-state index in [0.717, 1.165) is 32.2 Å². The van der Waals surface area contributed by atoms with Gasteiger partial charge in [-0.2, -0.15) is 0 Å². The highest BCUT2D eigenvalue weighted by molar-refractivity contribution is 5.08. The number of rotatable bonds is 0. The molecular weight excluding hydrogens is 376 g/mol. The molecule has 6 unspecified atom stereocenters. The van der Waals surface area contributed by atoms with E-state index in [2.05, 4.69) is 38.1 Å². The molecule has 0 spiro atoms. The maximum atomic E-state index is 6.11. The highest BCUT2D eigenvalue weighted by Gasteiger charge is 2.52. The van der Waals surface area contributed by atoms with Crippen molar-refractivity contribution in [3.8, 4) is 0 Å². The molecule has 9 atom stereocenters. The van der Waals surface area contributed by atoms with Gasteiger partial charge in [0, 0.05) is 49.3 Å². The van der Waals surface area contributed by atoms with Crippen LogP contribution in [0.4, 0.5) is 0 Å². The maximum Gasteiger partial charge on any atom is 0.0847 e. The van der Waals surface area contributed by atoms with Gasteiger partial charge in [0.05, 0.1) is 25.5 Å². The van der Waals surface area contributed by atoms with E-state index < -0.39 is 0 Å². The van der Waals surface area contributed by atoms with Gasteiger partial charge in [-0.1, -0.05) is 6.42 Å². The molecule has 5 saturated heterocycles. The molecular formula is C23H42N6O. The zero-order chi connectivity index (χ0) is 20.1. The van der Waals surface area contributed by atoms with Crippen molar-refractivity contribution in [3.05, 3.63) is 0 Å². The number of hydrogen-bond acceptors (Lipinski definition) is 7. The van der Waals surface area contributed by atoms with Crippen LogP contribution in [0.2, 0.25) is 0 Å². The Morgan fingerprint density at radius 2 is 1.77 bits per heavy atom. The second kappa shape index (κ2) is 8.58. The molecule has 6 fully saturated rings. The van der Waals surface area contributed by atoms with Crippen molar-refractivity contribution in [2.24, 2.45) is 5.92 Å². The number of ether oxygens (including phenoxy) is 1. The van der Waals surface area contributed by atoms with E-state index >= 15 is 0 Å². The quantitative estimate of drug-likeness (QED) is 0.451. The maximum absolute atomic E-state index is 6.11. The van der Waals surface area contributed by atoms with Crippen LogP contribution in [-0.4, -0.2) is 98.3 Å². The molecule has 0 aromatic heterocycles. The van der Waals surface area contributed by atoms with Gasteiger partial charge >= 0.3 is 0 Å². The second-order valence-corrected chi connectivity index (χ2v) is 11.0. The fourth-order valence-corrected chi connectivity index (χ4v) is 7.71. The van der Waals surface area contributed by atoms with E-state index in [0.29, 0.717) is 48.6 Å². The third kappa shape index (κ3) is 3.85. The third-order valence-electron chi connectivity index (χ3n) is 9.00. The van der Waals surface area contributed by atoms with Gasteiger partial charge in [0.25, 0.3) is 0 Å². The van der Waals surface area contributed by atoms with Crippen LogP contribution in [0.1, 0.15) is 51.4 Å². The minimum atomic E-state index is 0.426. The first kappa shape index (κ1) is 20.3. The molecule has 0 aromatic carbocycles.